The van der Waals surface area contributed by atoms with Gasteiger partial charge < -0.3 is 10.6 Å². The molecule has 0 unspecified atom stereocenters. The Kier molecular flexibility index (Phi) is 3.61. The van der Waals surface area contributed by atoms with Gasteiger partial charge in [-0.05, 0) is 50.3 Å². The SMILES string of the molecule is CCN1c2cc(Cl)c(CN)cc2[C@H](C)CC1(C)C. The molecule has 1 aromatic carbocycles. The molecule has 0 amide bonds. The standard InChI is InChI=1S/C15H23ClN2/c1-5-18-14-7-13(16)11(9-17)6-12(14)10(2)8-15(18,3)4/h6-7,10H,5,8-9,17H2,1-4H3/t10-/m1/s1. The van der Waals surface area contributed by atoms with E-state index in [1.165, 1.54) is 17.7 Å². The molecule has 0 aliphatic carbocycles. The number of rotatable bonds is 2. The van der Waals surface area contributed by atoms with Gasteiger partial charge in [-0.1, -0.05) is 24.6 Å². The molecule has 0 spiro atoms. The van der Waals surface area contributed by atoms with Crippen molar-refractivity contribution < 1.29 is 0 Å². The van der Waals surface area contributed by atoms with Crippen molar-refractivity contribution in [2.75, 3.05) is 11.4 Å². The first-order chi connectivity index (χ1) is 8.40. The van der Waals surface area contributed by atoms with Crippen LogP contribution in [0, 0.1) is 0 Å². The third-order valence-electron chi connectivity index (χ3n) is 4.09. The lowest BCUT2D eigenvalue weighted by molar-refractivity contribution is 0.381. The molecule has 3 heteroatoms. The second kappa shape index (κ2) is 4.75. The van der Waals surface area contributed by atoms with E-state index in [9.17, 15) is 0 Å². The van der Waals surface area contributed by atoms with E-state index in [2.05, 4.69) is 44.7 Å². The molecular formula is C15H23ClN2. The van der Waals surface area contributed by atoms with Crippen LogP contribution in [0.4, 0.5) is 5.69 Å². The maximum atomic E-state index is 6.32. The average Bonchev–Trinajstić information content (AvgIpc) is 2.27. The van der Waals surface area contributed by atoms with Crippen molar-refractivity contribution in [3.63, 3.8) is 0 Å². The maximum Gasteiger partial charge on any atom is 0.0471 e. The minimum absolute atomic E-state index is 0.189. The summed E-state index contributed by atoms with van der Waals surface area (Å²) in [7, 11) is 0. The van der Waals surface area contributed by atoms with Gasteiger partial charge in [0.05, 0.1) is 0 Å². The Balaban J connectivity index is 2.59. The number of nitrogens with two attached hydrogens (primary N) is 1. The largest absolute Gasteiger partial charge is 0.366 e. The predicted octanol–water partition coefficient (Wildman–Crippen LogP) is 3.91. The van der Waals surface area contributed by atoms with Crippen LogP contribution in [0.2, 0.25) is 5.02 Å². The fourth-order valence-corrected chi connectivity index (χ4v) is 3.54. The Morgan fingerprint density at radius 3 is 2.67 bits per heavy atom. The van der Waals surface area contributed by atoms with Gasteiger partial charge in [-0.3, -0.25) is 0 Å². The number of hydrogen-bond acceptors (Lipinski definition) is 2. The molecule has 2 rings (SSSR count). The first kappa shape index (κ1) is 13.7. The van der Waals surface area contributed by atoms with E-state index in [-0.39, 0.29) is 5.54 Å². The summed E-state index contributed by atoms with van der Waals surface area (Å²) in [6.45, 7) is 10.6. The van der Waals surface area contributed by atoms with Gasteiger partial charge in [0.2, 0.25) is 0 Å². The van der Waals surface area contributed by atoms with Gasteiger partial charge in [-0.2, -0.15) is 0 Å². The molecule has 1 heterocycles. The normalized spacial score (nSPS) is 21.9. The summed E-state index contributed by atoms with van der Waals surface area (Å²) in [6, 6.07) is 4.29. The van der Waals surface area contributed by atoms with Gasteiger partial charge in [-0.15, -0.1) is 0 Å². The molecule has 18 heavy (non-hydrogen) atoms. The van der Waals surface area contributed by atoms with Crippen LogP contribution in [0.1, 0.15) is 51.2 Å². The number of fused-ring (bicyclic) bond motifs is 1. The van der Waals surface area contributed by atoms with Gasteiger partial charge >= 0.3 is 0 Å². The van der Waals surface area contributed by atoms with E-state index >= 15 is 0 Å². The average molecular weight is 267 g/mol. The molecule has 100 valence electrons. The zero-order chi connectivity index (χ0) is 13.5. The zero-order valence-corrected chi connectivity index (χ0v) is 12.5. The van der Waals surface area contributed by atoms with Crippen LogP contribution >= 0.6 is 11.6 Å². The second-order valence-corrected chi connectivity index (χ2v) is 6.28. The summed E-state index contributed by atoms with van der Waals surface area (Å²) < 4.78 is 0. The monoisotopic (exact) mass is 266 g/mol. The molecule has 0 aromatic heterocycles. The third kappa shape index (κ3) is 2.12. The molecule has 2 nitrogen and oxygen atoms in total. The van der Waals surface area contributed by atoms with Crippen LogP contribution in [0.25, 0.3) is 0 Å². The first-order valence-electron chi connectivity index (χ1n) is 6.70. The van der Waals surface area contributed by atoms with E-state index < -0.39 is 0 Å². The molecule has 0 saturated carbocycles. The van der Waals surface area contributed by atoms with Gasteiger partial charge in [0.15, 0.2) is 0 Å². The van der Waals surface area contributed by atoms with Gasteiger partial charge in [-0.25, -0.2) is 0 Å². The summed E-state index contributed by atoms with van der Waals surface area (Å²) in [5, 5.41) is 0.791. The first-order valence-corrected chi connectivity index (χ1v) is 7.08. The number of nitrogens with zero attached hydrogens (tertiary/aromatic N) is 1. The van der Waals surface area contributed by atoms with Crippen molar-refractivity contribution in [3.05, 3.63) is 28.3 Å². The Morgan fingerprint density at radius 2 is 2.11 bits per heavy atom. The Labute approximate surface area is 115 Å². The number of anilines is 1. The summed E-state index contributed by atoms with van der Waals surface area (Å²) in [4.78, 5) is 2.45. The summed E-state index contributed by atoms with van der Waals surface area (Å²) in [5.41, 5.74) is 9.67. The van der Waals surface area contributed by atoms with Crippen molar-refractivity contribution >= 4 is 17.3 Å². The zero-order valence-electron chi connectivity index (χ0n) is 11.8. The fourth-order valence-electron chi connectivity index (χ4n) is 3.31. The molecule has 0 fully saturated rings. The van der Waals surface area contributed by atoms with E-state index in [1.54, 1.807) is 0 Å². The molecule has 0 bridgehead atoms. The van der Waals surface area contributed by atoms with Crippen LogP contribution in [0.15, 0.2) is 12.1 Å². The molecule has 1 aliphatic heterocycles. The van der Waals surface area contributed by atoms with Crippen molar-refractivity contribution in [2.45, 2.75) is 52.1 Å². The predicted molar refractivity (Wildman–Crippen MR) is 79.5 cm³/mol. The van der Waals surface area contributed by atoms with Crippen molar-refractivity contribution in [2.24, 2.45) is 5.73 Å². The Bertz CT molecular complexity index is 454. The smallest absolute Gasteiger partial charge is 0.0471 e. The van der Waals surface area contributed by atoms with Gasteiger partial charge in [0, 0.05) is 29.3 Å². The summed E-state index contributed by atoms with van der Waals surface area (Å²) >= 11 is 6.32. The molecule has 2 N–H and O–H groups in total. The lowest BCUT2D eigenvalue weighted by Crippen LogP contribution is -2.48. The minimum Gasteiger partial charge on any atom is -0.366 e. The lowest BCUT2D eigenvalue weighted by atomic mass is 9.79. The van der Waals surface area contributed by atoms with Crippen molar-refractivity contribution in [3.8, 4) is 0 Å². The topological polar surface area (TPSA) is 29.3 Å². The summed E-state index contributed by atoms with van der Waals surface area (Å²) in [6.07, 6.45) is 1.17. The molecule has 0 saturated heterocycles. The van der Waals surface area contributed by atoms with Crippen molar-refractivity contribution in [1.82, 2.24) is 0 Å². The number of halogens is 1. The maximum absolute atomic E-state index is 6.32. The van der Waals surface area contributed by atoms with Crippen LogP contribution in [-0.4, -0.2) is 12.1 Å². The Morgan fingerprint density at radius 1 is 1.44 bits per heavy atom. The molecule has 1 aromatic rings. The highest BCUT2D eigenvalue weighted by atomic mass is 35.5. The van der Waals surface area contributed by atoms with Crippen LogP contribution < -0.4 is 10.6 Å². The van der Waals surface area contributed by atoms with Crippen LogP contribution in [0.5, 0.6) is 0 Å². The minimum atomic E-state index is 0.189. The fraction of sp³-hybridized carbons (Fsp3) is 0.600. The van der Waals surface area contributed by atoms with Gasteiger partial charge in [0.25, 0.3) is 0 Å². The second-order valence-electron chi connectivity index (χ2n) is 5.87. The number of hydrogen-bond donors (Lipinski definition) is 1. The van der Waals surface area contributed by atoms with E-state index in [0.29, 0.717) is 12.5 Å². The molecule has 1 aliphatic rings. The number of benzene rings is 1. The quantitative estimate of drug-likeness (QED) is 0.879. The molecule has 0 radical (unpaired) electrons. The summed E-state index contributed by atoms with van der Waals surface area (Å²) in [5.74, 6) is 0.556. The molecular weight excluding hydrogens is 244 g/mol. The molecule has 1 atom stereocenters. The lowest BCUT2D eigenvalue weighted by Gasteiger charge is -2.47. The van der Waals surface area contributed by atoms with Crippen LogP contribution in [0.3, 0.4) is 0 Å². The third-order valence-corrected chi connectivity index (χ3v) is 4.44. The highest BCUT2D eigenvalue weighted by molar-refractivity contribution is 6.31. The van der Waals surface area contributed by atoms with E-state index in [0.717, 1.165) is 17.1 Å². The van der Waals surface area contributed by atoms with E-state index in [4.69, 9.17) is 17.3 Å². The van der Waals surface area contributed by atoms with E-state index in [1.807, 2.05) is 0 Å². The highest BCUT2D eigenvalue weighted by Crippen LogP contribution is 2.44. The Hall–Kier alpha value is -0.730. The van der Waals surface area contributed by atoms with Crippen LogP contribution in [-0.2, 0) is 6.54 Å². The highest BCUT2D eigenvalue weighted by Gasteiger charge is 2.35. The van der Waals surface area contributed by atoms with Crippen molar-refractivity contribution in [1.29, 1.82) is 0 Å². The van der Waals surface area contributed by atoms with Gasteiger partial charge in [0.1, 0.15) is 0 Å².